The molecule has 0 aromatic heterocycles. The minimum absolute atomic E-state index is 0.211. The molecule has 0 spiro atoms. The van der Waals surface area contributed by atoms with Crippen molar-refractivity contribution in [2.45, 2.75) is 38.8 Å². The monoisotopic (exact) mass is 368 g/mol. The lowest BCUT2D eigenvalue weighted by molar-refractivity contribution is -0.120. The SMILES string of the molecule is CN1C(=O)C(NC(=O)OC(C)(C)C)Cc2cccc(Oc3ccccc3)c21. The Balaban J connectivity index is 1.82. The Morgan fingerprint density at radius 3 is 2.48 bits per heavy atom. The van der Waals surface area contributed by atoms with Crippen LogP contribution in [0.5, 0.6) is 11.5 Å². The molecule has 0 saturated carbocycles. The molecule has 0 saturated heterocycles. The topological polar surface area (TPSA) is 67.9 Å². The summed E-state index contributed by atoms with van der Waals surface area (Å²) in [7, 11) is 1.68. The van der Waals surface area contributed by atoms with Crippen LogP contribution in [0.2, 0.25) is 0 Å². The van der Waals surface area contributed by atoms with Gasteiger partial charge in [-0.1, -0.05) is 30.3 Å². The molecule has 1 atom stereocenters. The second-order valence-electron chi connectivity index (χ2n) is 7.48. The molecule has 2 amide bonds. The van der Waals surface area contributed by atoms with Gasteiger partial charge in [-0.3, -0.25) is 4.79 Å². The number of nitrogens with zero attached hydrogens (tertiary/aromatic N) is 1. The molecule has 6 heteroatoms. The lowest BCUT2D eigenvalue weighted by atomic mass is 9.97. The fraction of sp³-hybridized carbons (Fsp3) is 0.333. The fourth-order valence-electron chi connectivity index (χ4n) is 3.02. The van der Waals surface area contributed by atoms with Crippen LogP contribution >= 0.6 is 0 Å². The van der Waals surface area contributed by atoms with Crippen molar-refractivity contribution in [3.63, 3.8) is 0 Å². The third kappa shape index (κ3) is 4.39. The van der Waals surface area contributed by atoms with Crippen LogP contribution in [0.15, 0.2) is 48.5 Å². The average molecular weight is 368 g/mol. The van der Waals surface area contributed by atoms with Crippen LogP contribution in [-0.4, -0.2) is 30.7 Å². The molecule has 2 aromatic carbocycles. The van der Waals surface area contributed by atoms with Crippen molar-refractivity contribution >= 4 is 17.7 Å². The van der Waals surface area contributed by atoms with Crippen LogP contribution in [0.4, 0.5) is 10.5 Å². The first-order chi connectivity index (χ1) is 12.7. The molecule has 1 aliphatic rings. The zero-order valence-electron chi connectivity index (χ0n) is 16.0. The molecular formula is C21H24N2O4. The van der Waals surface area contributed by atoms with E-state index in [4.69, 9.17) is 9.47 Å². The van der Waals surface area contributed by atoms with Crippen molar-refractivity contribution in [2.24, 2.45) is 0 Å². The van der Waals surface area contributed by atoms with E-state index in [2.05, 4.69) is 5.32 Å². The summed E-state index contributed by atoms with van der Waals surface area (Å²) in [6.07, 6.45) is -0.224. The summed E-state index contributed by atoms with van der Waals surface area (Å²) in [5, 5.41) is 2.67. The number of hydrogen-bond acceptors (Lipinski definition) is 4. The maximum absolute atomic E-state index is 12.8. The Labute approximate surface area is 159 Å². The molecule has 2 aromatic rings. The van der Waals surface area contributed by atoms with Crippen LogP contribution < -0.4 is 15.0 Å². The van der Waals surface area contributed by atoms with Crippen molar-refractivity contribution in [2.75, 3.05) is 11.9 Å². The van der Waals surface area contributed by atoms with Gasteiger partial charge in [0.15, 0.2) is 5.75 Å². The highest BCUT2D eigenvalue weighted by molar-refractivity contribution is 6.02. The predicted molar refractivity (Wildman–Crippen MR) is 103 cm³/mol. The van der Waals surface area contributed by atoms with Gasteiger partial charge in [-0.25, -0.2) is 4.79 Å². The van der Waals surface area contributed by atoms with Gasteiger partial charge in [0.05, 0.1) is 5.69 Å². The number of nitrogens with one attached hydrogen (secondary N) is 1. The highest BCUT2D eigenvalue weighted by Crippen LogP contribution is 2.38. The Bertz CT molecular complexity index is 843. The van der Waals surface area contributed by atoms with Crippen LogP contribution in [0.1, 0.15) is 26.3 Å². The standard InChI is InChI=1S/C21H24N2O4/c1-21(2,3)27-20(25)22-16-13-14-9-8-12-17(18(14)23(4)19(16)24)26-15-10-6-5-7-11-15/h5-12,16H,13H2,1-4H3,(H,22,25). The maximum atomic E-state index is 12.8. The van der Waals surface area contributed by atoms with E-state index in [1.807, 2.05) is 48.5 Å². The number of amides is 2. The van der Waals surface area contributed by atoms with E-state index in [0.717, 1.165) is 5.56 Å². The predicted octanol–water partition coefficient (Wildman–Crippen LogP) is 3.89. The Kier molecular flexibility index (Phi) is 5.08. The first kappa shape index (κ1) is 18.8. The van der Waals surface area contributed by atoms with E-state index in [1.165, 1.54) is 4.90 Å². The van der Waals surface area contributed by atoms with E-state index in [0.29, 0.717) is 23.6 Å². The number of para-hydroxylation sites is 2. The minimum Gasteiger partial charge on any atom is -0.455 e. The summed E-state index contributed by atoms with van der Waals surface area (Å²) in [6.45, 7) is 5.34. The van der Waals surface area contributed by atoms with Gasteiger partial charge in [-0.2, -0.15) is 0 Å². The summed E-state index contributed by atoms with van der Waals surface area (Å²) in [6, 6.07) is 14.4. The van der Waals surface area contributed by atoms with E-state index >= 15 is 0 Å². The maximum Gasteiger partial charge on any atom is 0.408 e. The number of anilines is 1. The van der Waals surface area contributed by atoms with Crippen molar-refractivity contribution in [3.8, 4) is 11.5 Å². The Morgan fingerprint density at radius 2 is 1.81 bits per heavy atom. The van der Waals surface area contributed by atoms with Gasteiger partial charge in [0, 0.05) is 13.5 Å². The van der Waals surface area contributed by atoms with E-state index in [1.54, 1.807) is 27.8 Å². The van der Waals surface area contributed by atoms with E-state index in [-0.39, 0.29) is 5.91 Å². The van der Waals surface area contributed by atoms with Gasteiger partial charge >= 0.3 is 6.09 Å². The van der Waals surface area contributed by atoms with E-state index in [9.17, 15) is 9.59 Å². The van der Waals surface area contributed by atoms with Gasteiger partial charge < -0.3 is 19.7 Å². The molecule has 6 nitrogen and oxygen atoms in total. The summed E-state index contributed by atoms with van der Waals surface area (Å²) in [5.41, 5.74) is 1.02. The second kappa shape index (κ2) is 7.31. The van der Waals surface area contributed by atoms with Crippen LogP contribution in [-0.2, 0) is 16.0 Å². The van der Waals surface area contributed by atoms with Gasteiger partial charge in [0.25, 0.3) is 0 Å². The first-order valence-electron chi connectivity index (χ1n) is 8.86. The van der Waals surface area contributed by atoms with Gasteiger partial charge in [0.1, 0.15) is 17.4 Å². The summed E-state index contributed by atoms with van der Waals surface area (Å²) in [5.74, 6) is 1.09. The lowest BCUT2D eigenvalue weighted by Gasteiger charge is -2.33. The third-order valence-corrected chi connectivity index (χ3v) is 4.13. The molecule has 142 valence electrons. The van der Waals surface area contributed by atoms with E-state index < -0.39 is 17.7 Å². The number of carbonyl (C=O) groups is 2. The first-order valence-corrected chi connectivity index (χ1v) is 8.86. The molecule has 1 aliphatic heterocycles. The normalized spacial score (nSPS) is 16.5. The molecule has 0 fully saturated rings. The lowest BCUT2D eigenvalue weighted by Crippen LogP contribution is -2.52. The van der Waals surface area contributed by atoms with Crippen molar-refractivity contribution in [1.82, 2.24) is 5.32 Å². The number of carbonyl (C=O) groups excluding carboxylic acids is 2. The summed E-state index contributed by atoms with van der Waals surface area (Å²) >= 11 is 0. The molecule has 1 N–H and O–H groups in total. The zero-order valence-corrected chi connectivity index (χ0v) is 16.0. The molecule has 1 unspecified atom stereocenters. The van der Waals surface area contributed by atoms with Gasteiger partial charge in [0.2, 0.25) is 5.91 Å². The van der Waals surface area contributed by atoms with Gasteiger partial charge in [-0.15, -0.1) is 0 Å². The molecule has 0 radical (unpaired) electrons. The van der Waals surface area contributed by atoms with Gasteiger partial charge in [-0.05, 0) is 44.5 Å². The summed E-state index contributed by atoms with van der Waals surface area (Å²) in [4.78, 5) is 26.4. The largest absolute Gasteiger partial charge is 0.455 e. The van der Waals surface area contributed by atoms with Crippen LogP contribution in [0.3, 0.4) is 0 Å². The highest BCUT2D eigenvalue weighted by Gasteiger charge is 2.34. The number of hydrogen-bond donors (Lipinski definition) is 1. The number of likely N-dealkylation sites (N-methyl/N-ethyl adjacent to an activating group) is 1. The van der Waals surface area contributed by atoms with Crippen LogP contribution in [0.25, 0.3) is 0 Å². The number of ether oxygens (including phenoxy) is 2. The third-order valence-electron chi connectivity index (χ3n) is 4.13. The fourth-order valence-corrected chi connectivity index (χ4v) is 3.02. The number of fused-ring (bicyclic) bond motifs is 1. The Morgan fingerprint density at radius 1 is 1.11 bits per heavy atom. The minimum atomic E-state index is -0.677. The smallest absolute Gasteiger partial charge is 0.408 e. The highest BCUT2D eigenvalue weighted by atomic mass is 16.6. The molecule has 27 heavy (non-hydrogen) atoms. The second-order valence-corrected chi connectivity index (χ2v) is 7.48. The number of alkyl carbamates (subject to hydrolysis) is 1. The quantitative estimate of drug-likeness (QED) is 0.892. The molecular weight excluding hydrogens is 344 g/mol. The molecule has 0 aliphatic carbocycles. The molecule has 0 bridgehead atoms. The number of rotatable bonds is 3. The van der Waals surface area contributed by atoms with Crippen molar-refractivity contribution in [3.05, 3.63) is 54.1 Å². The Hall–Kier alpha value is -3.02. The van der Waals surface area contributed by atoms with Crippen molar-refractivity contribution < 1.29 is 19.1 Å². The summed E-state index contributed by atoms with van der Waals surface area (Å²) < 4.78 is 11.2. The molecule has 1 heterocycles. The van der Waals surface area contributed by atoms with Crippen molar-refractivity contribution in [1.29, 1.82) is 0 Å². The molecule has 3 rings (SSSR count). The zero-order chi connectivity index (χ0) is 19.6. The number of benzene rings is 2. The van der Waals surface area contributed by atoms with Crippen LogP contribution in [0, 0.1) is 0 Å². The average Bonchev–Trinajstić information content (AvgIpc) is 2.58.